The molecular formula is C12H17F2NO. The van der Waals surface area contributed by atoms with Crippen LogP contribution in [0.2, 0.25) is 0 Å². The molecule has 0 radical (unpaired) electrons. The predicted octanol–water partition coefficient (Wildman–Crippen LogP) is 2.59. The van der Waals surface area contributed by atoms with Gasteiger partial charge in [-0.3, -0.25) is 0 Å². The third kappa shape index (κ3) is 4.57. The molecule has 16 heavy (non-hydrogen) atoms. The van der Waals surface area contributed by atoms with Crippen molar-refractivity contribution in [2.45, 2.75) is 13.8 Å². The van der Waals surface area contributed by atoms with Crippen molar-refractivity contribution in [3.8, 4) is 5.75 Å². The van der Waals surface area contributed by atoms with Gasteiger partial charge in [0, 0.05) is 12.6 Å². The average Bonchev–Trinajstić information content (AvgIpc) is 2.22. The van der Waals surface area contributed by atoms with Crippen molar-refractivity contribution in [2.24, 2.45) is 5.92 Å². The number of nitrogens with one attached hydrogen (secondary N) is 1. The van der Waals surface area contributed by atoms with Crippen LogP contribution in [0.4, 0.5) is 8.78 Å². The van der Waals surface area contributed by atoms with Gasteiger partial charge in [0.15, 0.2) is 11.6 Å². The molecule has 0 bridgehead atoms. The van der Waals surface area contributed by atoms with Crippen molar-refractivity contribution in [3.05, 3.63) is 29.8 Å². The first-order valence-electron chi connectivity index (χ1n) is 5.38. The number of hydrogen-bond acceptors (Lipinski definition) is 2. The minimum atomic E-state index is -0.882. The van der Waals surface area contributed by atoms with E-state index in [1.165, 1.54) is 6.07 Å². The smallest absolute Gasteiger partial charge is 0.162 e. The maximum absolute atomic E-state index is 12.8. The highest BCUT2D eigenvalue weighted by molar-refractivity contribution is 5.23. The van der Waals surface area contributed by atoms with Crippen LogP contribution >= 0.6 is 0 Å². The van der Waals surface area contributed by atoms with E-state index >= 15 is 0 Å². The largest absolute Gasteiger partial charge is 0.492 e. The van der Waals surface area contributed by atoms with Gasteiger partial charge in [-0.25, -0.2) is 8.78 Å². The number of hydrogen-bond donors (Lipinski definition) is 1. The molecule has 0 aliphatic heterocycles. The zero-order chi connectivity index (χ0) is 12.0. The summed E-state index contributed by atoms with van der Waals surface area (Å²) in [5.41, 5.74) is 0. The second-order valence-corrected chi connectivity index (χ2v) is 4.02. The quantitative estimate of drug-likeness (QED) is 0.757. The molecule has 1 aromatic carbocycles. The van der Waals surface area contributed by atoms with Gasteiger partial charge in [0.05, 0.1) is 0 Å². The second-order valence-electron chi connectivity index (χ2n) is 4.02. The molecule has 90 valence electrons. The molecule has 0 saturated heterocycles. The van der Waals surface area contributed by atoms with Gasteiger partial charge in [-0.05, 0) is 24.6 Å². The van der Waals surface area contributed by atoms with E-state index in [0.29, 0.717) is 24.8 Å². The molecule has 0 aliphatic rings. The van der Waals surface area contributed by atoms with Crippen LogP contribution in [-0.2, 0) is 0 Å². The van der Waals surface area contributed by atoms with Crippen molar-refractivity contribution in [1.82, 2.24) is 5.32 Å². The monoisotopic (exact) mass is 229 g/mol. The minimum absolute atomic E-state index is 0.352. The zero-order valence-corrected chi connectivity index (χ0v) is 9.59. The molecule has 0 amide bonds. The third-order valence-electron chi connectivity index (χ3n) is 1.99. The molecule has 0 fully saturated rings. The molecule has 1 N–H and O–H groups in total. The highest BCUT2D eigenvalue weighted by Crippen LogP contribution is 2.14. The van der Waals surface area contributed by atoms with E-state index in [9.17, 15) is 8.78 Å². The SMILES string of the molecule is CC(C)CNCCOc1ccc(F)c(F)c1. The van der Waals surface area contributed by atoms with Crippen LogP contribution in [0.3, 0.4) is 0 Å². The Morgan fingerprint density at radius 2 is 2.00 bits per heavy atom. The van der Waals surface area contributed by atoms with E-state index in [0.717, 1.165) is 18.7 Å². The van der Waals surface area contributed by atoms with Crippen LogP contribution in [0.5, 0.6) is 5.75 Å². The molecule has 0 heterocycles. The number of rotatable bonds is 6. The summed E-state index contributed by atoms with van der Waals surface area (Å²) in [7, 11) is 0. The first-order valence-corrected chi connectivity index (χ1v) is 5.38. The Labute approximate surface area is 94.6 Å². The number of ether oxygens (including phenoxy) is 1. The number of halogens is 2. The van der Waals surface area contributed by atoms with Gasteiger partial charge in [-0.1, -0.05) is 13.8 Å². The van der Waals surface area contributed by atoms with Gasteiger partial charge in [0.2, 0.25) is 0 Å². The van der Waals surface area contributed by atoms with Gasteiger partial charge in [-0.15, -0.1) is 0 Å². The molecule has 0 saturated carbocycles. The van der Waals surface area contributed by atoms with E-state index < -0.39 is 11.6 Å². The Kier molecular flexibility index (Phi) is 5.19. The molecule has 0 spiro atoms. The summed E-state index contributed by atoms with van der Waals surface area (Å²) in [5.74, 6) is -0.800. The molecule has 0 atom stereocenters. The first kappa shape index (κ1) is 12.9. The second kappa shape index (κ2) is 6.43. The van der Waals surface area contributed by atoms with Crippen LogP contribution < -0.4 is 10.1 Å². The van der Waals surface area contributed by atoms with Gasteiger partial charge < -0.3 is 10.1 Å². The predicted molar refractivity (Wildman–Crippen MR) is 59.6 cm³/mol. The zero-order valence-electron chi connectivity index (χ0n) is 9.59. The standard InChI is InChI=1S/C12H17F2NO/c1-9(2)8-15-5-6-16-10-3-4-11(13)12(14)7-10/h3-4,7,9,15H,5-6,8H2,1-2H3. The van der Waals surface area contributed by atoms with Crippen molar-refractivity contribution in [1.29, 1.82) is 0 Å². The van der Waals surface area contributed by atoms with Crippen LogP contribution in [-0.4, -0.2) is 19.7 Å². The molecule has 0 aromatic heterocycles. The molecule has 1 aromatic rings. The van der Waals surface area contributed by atoms with Crippen LogP contribution in [0.25, 0.3) is 0 Å². The maximum atomic E-state index is 12.8. The summed E-state index contributed by atoms with van der Waals surface area (Å²) in [6.45, 7) is 6.28. The van der Waals surface area contributed by atoms with Crippen molar-refractivity contribution >= 4 is 0 Å². The summed E-state index contributed by atoms with van der Waals surface area (Å²) < 4.78 is 30.6. The Hall–Kier alpha value is -1.16. The normalized spacial score (nSPS) is 10.8. The summed E-state index contributed by atoms with van der Waals surface area (Å²) in [5, 5.41) is 3.19. The summed E-state index contributed by atoms with van der Waals surface area (Å²) in [4.78, 5) is 0. The lowest BCUT2D eigenvalue weighted by Crippen LogP contribution is -2.24. The van der Waals surface area contributed by atoms with Crippen LogP contribution in [0.1, 0.15) is 13.8 Å². The highest BCUT2D eigenvalue weighted by atomic mass is 19.2. The summed E-state index contributed by atoms with van der Waals surface area (Å²) in [6.07, 6.45) is 0. The van der Waals surface area contributed by atoms with Gasteiger partial charge in [0.1, 0.15) is 12.4 Å². The lowest BCUT2D eigenvalue weighted by Gasteiger charge is -2.09. The van der Waals surface area contributed by atoms with Gasteiger partial charge >= 0.3 is 0 Å². The average molecular weight is 229 g/mol. The van der Waals surface area contributed by atoms with E-state index in [-0.39, 0.29) is 0 Å². The van der Waals surface area contributed by atoms with Crippen molar-refractivity contribution in [3.63, 3.8) is 0 Å². The molecule has 4 heteroatoms. The first-order chi connectivity index (χ1) is 7.59. The highest BCUT2D eigenvalue weighted by Gasteiger charge is 2.02. The summed E-state index contributed by atoms with van der Waals surface area (Å²) >= 11 is 0. The Balaban J connectivity index is 2.24. The van der Waals surface area contributed by atoms with E-state index in [1.54, 1.807) is 0 Å². The van der Waals surface area contributed by atoms with Crippen LogP contribution in [0.15, 0.2) is 18.2 Å². The van der Waals surface area contributed by atoms with Gasteiger partial charge in [0.25, 0.3) is 0 Å². The summed E-state index contributed by atoms with van der Waals surface area (Å²) in [6, 6.07) is 3.53. The minimum Gasteiger partial charge on any atom is -0.492 e. The Morgan fingerprint density at radius 1 is 1.25 bits per heavy atom. The fourth-order valence-corrected chi connectivity index (χ4v) is 1.20. The molecular weight excluding hydrogens is 212 g/mol. The topological polar surface area (TPSA) is 21.3 Å². The fourth-order valence-electron chi connectivity index (χ4n) is 1.20. The van der Waals surface area contributed by atoms with Crippen molar-refractivity contribution < 1.29 is 13.5 Å². The lowest BCUT2D eigenvalue weighted by atomic mass is 10.2. The van der Waals surface area contributed by atoms with E-state index in [2.05, 4.69) is 19.2 Å². The van der Waals surface area contributed by atoms with E-state index in [4.69, 9.17) is 4.74 Å². The Morgan fingerprint density at radius 3 is 2.62 bits per heavy atom. The molecule has 0 unspecified atom stereocenters. The molecule has 1 rings (SSSR count). The van der Waals surface area contributed by atoms with Crippen LogP contribution in [0, 0.1) is 17.6 Å². The number of benzene rings is 1. The third-order valence-corrected chi connectivity index (χ3v) is 1.99. The molecule has 2 nitrogen and oxygen atoms in total. The molecule has 0 aliphatic carbocycles. The lowest BCUT2D eigenvalue weighted by molar-refractivity contribution is 0.308. The van der Waals surface area contributed by atoms with Gasteiger partial charge in [-0.2, -0.15) is 0 Å². The Bertz CT molecular complexity index is 329. The van der Waals surface area contributed by atoms with Crippen molar-refractivity contribution in [2.75, 3.05) is 19.7 Å². The fraction of sp³-hybridized carbons (Fsp3) is 0.500. The van der Waals surface area contributed by atoms with E-state index in [1.807, 2.05) is 0 Å². The maximum Gasteiger partial charge on any atom is 0.162 e.